The van der Waals surface area contributed by atoms with Gasteiger partial charge in [0.05, 0.1) is 18.5 Å². The van der Waals surface area contributed by atoms with Crippen molar-refractivity contribution < 1.29 is 19.4 Å². The fourth-order valence-electron chi connectivity index (χ4n) is 1.05. The Bertz CT molecular complexity index is 405. The Kier molecular flexibility index (Phi) is 4.41. The average Bonchev–Trinajstić information content (AvgIpc) is 2.29. The van der Waals surface area contributed by atoms with Gasteiger partial charge in [-0.2, -0.15) is 0 Å². The zero-order valence-electron chi connectivity index (χ0n) is 9.21. The summed E-state index contributed by atoms with van der Waals surface area (Å²) in [6.07, 6.45) is 0.504. The number of aliphatic hydroxyl groups is 1. The van der Waals surface area contributed by atoms with Gasteiger partial charge in [-0.05, 0) is 19.1 Å². The number of imide groups is 1. The summed E-state index contributed by atoms with van der Waals surface area (Å²) < 4.78 is 5.21. The zero-order valence-corrected chi connectivity index (χ0v) is 9.21. The molecule has 1 unspecified atom stereocenters. The molecular formula is C10H13N3O4. The number of aromatic nitrogens is 1. The molecule has 0 radical (unpaired) electrons. The van der Waals surface area contributed by atoms with Crippen LogP contribution in [0.4, 0.5) is 4.79 Å². The topological polar surface area (TPSA) is 115 Å². The summed E-state index contributed by atoms with van der Waals surface area (Å²) in [6, 6.07) is 2.19. The first kappa shape index (κ1) is 12.9. The fourth-order valence-corrected chi connectivity index (χ4v) is 1.05. The molecule has 0 saturated carbocycles. The normalized spacial score (nSPS) is 11.6. The molecule has 1 aromatic heterocycles. The number of amides is 3. The van der Waals surface area contributed by atoms with Crippen molar-refractivity contribution in [3.05, 3.63) is 24.0 Å². The summed E-state index contributed by atoms with van der Waals surface area (Å²) >= 11 is 0. The molecule has 3 amide bonds. The molecule has 0 aliphatic carbocycles. The second kappa shape index (κ2) is 5.80. The Balaban J connectivity index is 2.57. The Morgan fingerprint density at radius 2 is 2.29 bits per heavy atom. The summed E-state index contributed by atoms with van der Waals surface area (Å²) in [5, 5.41) is 10.7. The molecule has 0 saturated heterocycles. The SMILES string of the molecule is CC(Oc1ccc(CO)nc1)C(=O)NC(N)=O. The number of nitrogens with one attached hydrogen (secondary N) is 1. The van der Waals surface area contributed by atoms with Crippen LogP contribution in [-0.2, 0) is 11.4 Å². The fraction of sp³-hybridized carbons (Fsp3) is 0.300. The maximum atomic E-state index is 11.3. The van der Waals surface area contributed by atoms with E-state index in [0.717, 1.165) is 0 Å². The van der Waals surface area contributed by atoms with Gasteiger partial charge in [0, 0.05) is 0 Å². The lowest BCUT2D eigenvalue weighted by molar-refractivity contribution is -0.126. The molecule has 0 aromatic carbocycles. The molecule has 92 valence electrons. The van der Waals surface area contributed by atoms with Crippen LogP contribution in [0.2, 0.25) is 0 Å². The van der Waals surface area contributed by atoms with Crippen LogP contribution in [0.25, 0.3) is 0 Å². The predicted octanol–water partition coefficient (Wildman–Crippen LogP) is -0.464. The Morgan fingerprint density at radius 3 is 2.76 bits per heavy atom. The van der Waals surface area contributed by atoms with Gasteiger partial charge in [0.25, 0.3) is 5.91 Å². The van der Waals surface area contributed by atoms with Crippen molar-refractivity contribution in [1.82, 2.24) is 10.3 Å². The molecule has 1 atom stereocenters. The van der Waals surface area contributed by atoms with Gasteiger partial charge in [-0.3, -0.25) is 15.1 Å². The van der Waals surface area contributed by atoms with E-state index in [1.54, 1.807) is 12.1 Å². The van der Waals surface area contributed by atoms with Gasteiger partial charge in [0.1, 0.15) is 5.75 Å². The lowest BCUT2D eigenvalue weighted by Crippen LogP contribution is -2.42. The lowest BCUT2D eigenvalue weighted by atomic mass is 10.3. The van der Waals surface area contributed by atoms with Crippen LogP contribution >= 0.6 is 0 Å². The molecule has 7 nitrogen and oxygen atoms in total. The van der Waals surface area contributed by atoms with Crippen LogP contribution < -0.4 is 15.8 Å². The van der Waals surface area contributed by atoms with Crippen molar-refractivity contribution in [1.29, 1.82) is 0 Å². The van der Waals surface area contributed by atoms with E-state index in [-0.39, 0.29) is 6.61 Å². The Labute approximate surface area is 97.6 Å². The molecule has 0 aliphatic rings. The molecule has 7 heteroatoms. The van der Waals surface area contributed by atoms with E-state index >= 15 is 0 Å². The largest absolute Gasteiger partial charge is 0.479 e. The number of pyridine rings is 1. The molecular weight excluding hydrogens is 226 g/mol. The van der Waals surface area contributed by atoms with Gasteiger partial charge >= 0.3 is 6.03 Å². The van der Waals surface area contributed by atoms with E-state index in [2.05, 4.69) is 4.98 Å². The maximum Gasteiger partial charge on any atom is 0.318 e. The highest BCUT2D eigenvalue weighted by Gasteiger charge is 2.16. The Morgan fingerprint density at radius 1 is 1.59 bits per heavy atom. The summed E-state index contributed by atoms with van der Waals surface area (Å²) in [5.74, 6) is -0.280. The standard InChI is InChI=1S/C10H13N3O4/c1-6(9(15)13-10(11)16)17-8-3-2-7(5-14)12-4-8/h2-4,6,14H,5H2,1H3,(H3,11,13,15,16). The van der Waals surface area contributed by atoms with E-state index < -0.39 is 18.0 Å². The summed E-state index contributed by atoms with van der Waals surface area (Å²) in [6.45, 7) is 1.30. The molecule has 0 fully saturated rings. The van der Waals surface area contributed by atoms with Crippen LogP contribution in [0.1, 0.15) is 12.6 Å². The van der Waals surface area contributed by atoms with Crippen LogP contribution in [0, 0.1) is 0 Å². The van der Waals surface area contributed by atoms with Crippen molar-refractivity contribution in [2.75, 3.05) is 0 Å². The van der Waals surface area contributed by atoms with Gasteiger partial charge in [-0.25, -0.2) is 4.79 Å². The van der Waals surface area contributed by atoms with E-state index in [0.29, 0.717) is 11.4 Å². The van der Waals surface area contributed by atoms with Crippen molar-refractivity contribution in [2.24, 2.45) is 5.73 Å². The number of urea groups is 1. The van der Waals surface area contributed by atoms with Crippen LogP contribution in [0.5, 0.6) is 5.75 Å². The molecule has 17 heavy (non-hydrogen) atoms. The minimum absolute atomic E-state index is 0.169. The third-order valence-corrected chi connectivity index (χ3v) is 1.89. The van der Waals surface area contributed by atoms with Crippen molar-refractivity contribution in [3.63, 3.8) is 0 Å². The van der Waals surface area contributed by atoms with Crippen molar-refractivity contribution in [3.8, 4) is 5.75 Å². The summed E-state index contributed by atoms with van der Waals surface area (Å²) in [4.78, 5) is 25.6. The minimum atomic E-state index is -0.931. The molecule has 1 heterocycles. The van der Waals surface area contributed by atoms with Gasteiger partial charge in [0.2, 0.25) is 0 Å². The molecule has 0 spiro atoms. The van der Waals surface area contributed by atoms with Crippen LogP contribution in [-0.4, -0.2) is 28.1 Å². The predicted molar refractivity (Wildman–Crippen MR) is 58.0 cm³/mol. The number of nitrogens with two attached hydrogens (primary N) is 1. The highest BCUT2D eigenvalue weighted by Crippen LogP contribution is 2.11. The smallest absolute Gasteiger partial charge is 0.318 e. The third kappa shape index (κ3) is 4.07. The van der Waals surface area contributed by atoms with Gasteiger partial charge in [0.15, 0.2) is 6.10 Å². The van der Waals surface area contributed by atoms with Gasteiger partial charge in [-0.1, -0.05) is 0 Å². The minimum Gasteiger partial charge on any atom is -0.479 e. The second-order valence-electron chi connectivity index (χ2n) is 3.26. The van der Waals surface area contributed by atoms with Crippen LogP contribution in [0.3, 0.4) is 0 Å². The summed E-state index contributed by atoms with van der Waals surface area (Å²) in [7, 11) is 0. The highest BCUT2D eigenvalue weighted by molar-refractivity contribution is 5.95. The van der Waals surface area contributed by atoms with Gasteiger partial charge < -0.3 is 15.6 Å². The number of carbonyl (C=O) groups excluding carboxylic acids is 2. The number of rotatable bonds is 4. The molecule has 1 rings (SSSR count). The van der Waals surface area contributed by atoms with E-state index in [1.807, 2.05) is 5.32 Å². The third-order valence-electron chi connectivity index (χ3n) is 1.89. The van der Waals surface area contributed by atoms with E-state index in [4.69, 9.17) is 15.6 Å². The monoisotopic (exact) mass is 239 g/mol. The second-order valence-corrected chi connectivity index (χ2v) is 3.26. The molecule has 1 aromatic rings. The van der Waals surface area contributed by atoms with Crippen molar-refractivity contribution in [2.45, 2.75) is 19.6 Å². The number of aliphatic hydroxyl groups excluding tert-OH is 1. The number of hydrogen-bond acceptors (Lipinski definition) is 5. The van der Waals surface area contributed by atoms with Crippen LogP contribution in [0.15, 0.2) is 18.3 Å². The first-order valence-corrected chi connectivity index (χ1v) is 4.85. The lowest BCUT2D eigenvalue weighted by Gasteiger charge is -2.13. The number of carbonyl (C=O) groups is 2. The maximum absolute atomic E-state index is 11.3. The molecule has 0 aliphatic heterocycles. The van der Waals surface area contributed by atoms with E-state index in [9.17, 15) is 9.59 Å². The zero-order chi connectivity index (χ0) is 12.8. The number of primary amides is 1. The average molecular weight is 239 g/mol. The van der Waals surface area contributed by atoms with E-state index in [1.165, 1.54) is 13.1 Å². The molecule has 0 bridgehead atoms. The Hall–Kier alpha value is -2.15. The first-order chi connectivity index (χ1) is 8.02. The first-order valence-electron chi connectivity index (χ1n) is 4.85. The quantitative estimate of drug-likeness (QED) is 0.657. The number of ether oxygens (including phenoxy) is 1. The van der Waals surface area contributed by atoms with Crippen molar-refractivity contribution >= 4 is 11.9 Å². The highest BCUT2D eigenvalue weighted by atomic mass is 16.5. The summed E-state index contributed by atoms with van der Waals surface area (Å²) in [5.41, 5.74) is 5.29. The molecule has 4 N–H and O–H groups in total. The number of nitrogens with zero attached hydrogens (tertiary/aromatic N) is 1. The van der Waals surface area contributed by atoms with Gasteiger partial charge in [-0.15, -0.1) is 0 Å². The number of hydrogen-bond donors (Lipinski definition) is 3.